The molecule has 1 amide bonds. The Bertz CT molecular complexity index is 742. The van der Waals surface area contributed by atoms with E-state index in [1.807, 2.05) is 13.0 Å². The van der Waals surface area contributed by atoms with Gasteiger partial charge in [-0.2, -0.15) is 0 Å². The highest BCUT2D eigenvalue weighted by atomic mass is 35.5. The maximum Gasteiger partial charge on any atom is 0.274 e. The number of nitrogens with zero attached hydrogens (tertiary/aromatic N) is 3. The Morgan fingerprint density at radius 1 is 1.25 bits per heavy atom. The van der Waals surface area contributed by atoms with Crippen LogP contribution in [0, 0.1) is 12.8 Å². The molecule has 0 saturated carbocycles. The first-order valence-corrected chi connectivity index (χ1v) is 8.55. The summed E-state index contributed by atoms with van der Waals surface area (Å²) >= 11 is 5.95. The topological polar surface area (TPSA) is 58.1 Å². The van der Waals surface area contributed by atoms with Crippen LogP contribution in [0.2, 0.25) is 5.02 Å². The summed E-state index contributed by atoms with van der Waals surface area (Å²) in [5.74, 6) is 1.32. The first-order valence-electron chi connectivity index (χ1n) is 8.17. The third-order valence-corrected chi connectivity index (χ3v) is 4.66. The molecule has 1 fully saturated rings. The summed E-state index contributed by atoms with van der Waals surface area (Å²) in [4.78, 5) is 23.1. The van der Waals surface area contributed by atoms with Crippen LogP contribution in [-0.2, 0) is 0 Å². The molecule has 1 N–H and O–H groups in total. The molecule has 3 rings (SSSR count). The van der Waals surface area contributed by atoms with Crippen LogP contribution < -0.4 is 10.2 Å². The average Bonchev–Trinajstić information content (AvgIpc) is 2.58. The molecule has 1 aromatic heterocycles. The van der Waals surface area contributed by atoms with E-state index in [0.717, 1.165) is 48.9 Å². The standard InChI is InChI=1S/C18H21ClN4O/c1-12-5-7-23(8-6-12)17-10-16(20-11-21-17)18(24)22-15-4-3-14(19)9-13(15)2/h3-4,9-12H,5-8H2,1-2H3,(H,22,24). The summed E-state index contributed by atoms with van der Waals surface area (Å²) < 4.78 is 0. The second kappa shape index (κ2) is 7.18. The molecule has 126 valence electrons. The van der Waals surface area contributed by atoms with Gasteiger partial charge in [-0.3, -0.25) is 4.79 Å². The zero-order valence-electron chi connectivity index (χ0n) is 13.9. The van der Waals surface area contributed by atoms with Crippen LogP contribution >= 0.6 is 11.6 Å². The van der Waals surface area contributed by atoms with Gasteiger partial charge in [-0.25, -0.2) is 9.97 Å². The number of piperidine rings is 1. The zero-order chi connectivity index (χ0) is 17.1. The van der Waals surface area contributed by atoms with Crippen molar-refractivity contribution < 1.29 is 4.79 Å². The number of anilines is 2. The third kappa shape index (κ3) is 3.85. The number of carbonyl (C=O) groups excluding carboxylic acids is 1. The Balaban J connectivity index is 1.74. The first kappa shape index (κ1) is 16.7. The number of carbonyl (C=O) groups is 1. The van der Waals surface area contributed by atoms with Gasteiger partial charge in [-0.15, -0.1) is 0 Å². The minimum Gasteiger partial charge on any atom is -0.356 e. The molecule has 0 radical (unpaired) electrons. The van der Waals surface area contributed by atoms with E-state index in [0.29, 0.717) is 10.7 Å². The van der Waals surface area contributed by atoms with Crippen LogP contribution in [0.15, 0.2) is 30.6 Å². The lowest BCUT2D eigenvalue weighted by Crippen LogP contribution is -2.33. The average molecular weight is 345 g/mol. The van der Waals surface area contributed by atoms with E-state index in [1.165, 1.54) is 6.33 Å². The number of halogens is 1. The second-order valence-corrected chi connectivity index (χ2v) is 6.78. The van der Waals surface area contributed by atoms with Gasteiger partial charge < -0.3 is 10.2 Å². The number of amides is 1. The van der Waals surface area contributed by atoms with Gasteiger partial charge in [0, 0.05) is 29.9 Å². The van der Waals surface area contributed by atoms with E-state index in [2.05, 4.69) is 27.1 Å². The maximum absolute atomic E-state index is 12.5. The number of rotatable bonds is 3. The molecule has 24 heavy (non-hydrogen) atoms. The molecule has 1 saturated heterocycles. The molecule has 2 aromatic rings. The van der Waals surface area contributed by atoms with Crippen molar-refractivity contribution in [3.8, 4) is 0 Å². The van der Waals surface area contributed by atoms with E-state index in [4.69, 9.17) is 11.6 Å². The first-order chi connectivity index (χ1) is 11.5. The maximum atomic E-state index is 12.5. The number of hydrogen-bond donors (Lipinski definition) is 1. The van der Waals surface area contributed by atoms with Gasteiger partial charge in [0.05, 0.1) is 0 Å². The summed E-state index contributed by atoms with van der Waals surface area (Å²) in [6, 6.07) is 7.13. The summed E-state index contributed by atoms with van der Waals surface area (Å²) in [5, 5.41) is 3.53. The zero-order valence-corrected chi connectivity index (χ0v) is 14.7. The number of hydrogen-bond acceptors (Lipinski definition) is 4. The van der Waals surface area contributed by atoms with Crippen LogP contribution in [0.4, 0.5) is 11.5 Å². The van der Waals surface area contributed by atoms with Crippen LogP contribution in [0.25, 0.3) is 0 Å². The van der Waals surface area contributed by atoms with Crippen molar-refractivity contribution in [1.82, 2.24) is 9.97 Å². The normalized spacial score (nSPS) is 15.4. The number of aryl methyl sites for hydroxylation is 1. The summed E-state index contributed by atoms with van der Waals surface area (Å²) in [5.41, 5.74) is 2.01. The fourth-order valence-corrected chi connectivity index (χ4v) is 3.06. The van der Waals surface area contributed by atoms with Crippen LogP contribution in [0.3, 0.4) is 0 Å². The predicted molar refractivity (Wildman–Crippen MR) is 96.8 cm³/mol. The summed E-state index contributed by atoms with van der Waals surface area (Å²) in [6.07, 6.45) is 3.75. The van der Waals surface area contributed by atoms with Crippen LogP contribution in [0.1, 0.15) is 35.8 Å². The smallest absolute Gasteiger partial charge is 0.274 e. The van der Waals surface area contributed by atoms with Crippen LogP contribution in [-0.4, -0.2) is 29.0 Å². The lowest BCUT2D eigenvalue weighted by atomic mass is 9.99. The Morgan fingerprint density at radius 3 is 2.71 bits per heavy atom. The summed E-state index contributed by atoms with van der Waals surface area (Å²) in [6.45, 7) is 6.11. The fourth-order valence-electron chi connectivity index (χ4n) is 2.84. The molecule has 1 aromatic carbocycles. The molecule has 0 aliphatic carbocycles. The van der Waals surface area contributed by atoms with Crippen molar-refractivity contribution in [2.24, 2.45) is 5.92 Å². The lowest BCUT2D eigenvalue weighted by Gasteiger charge is -2.31. The Hall–Kier alpha value is -2.14. The van der Waals surface area contributed by atoms with Crippen molar-refractivity contribution in [2.45, 2.75) is 26.7 Å². The quantitative estimate of drug-likeness (QED) is 0.916. The SMILES string of the molecule is Cc1cc(Cl)ccc1NC(=O)c1cc(N2CCC(C)CC2)ncn1. The summed E-state index contributed by atoms with van der Waals surface area (Å²) in [7, 11) is 0. The van der Waals surface area contributed by atoms with E-state index >= 15 is 0 Å². The molecule has 1 aliphatic rings. The second-order valence-electron chi connectivity index (χ2n) is 6.34. The van der Waals surface area contributed by atoms with E-state index in [1.54, 1.807) is 18.2 Å². The van der Waals surface area contributed by atoms with Crippen molar-refractivity contribution >= 4 is 29.0 Å². The molecule has 0 unspecified atom stereocenters. The van der Waals surface area contributed by atoms with Gasteiger partial charge in [0.1, 0.15) is 17.8 Å². The van der Waals surface area contributed by atoms with Crippen LogP contribution in [0.5, 0.6) is 0 Å². The number of aromatic nitrogens is 2. The van der Waals surface area contributed by atoms with E-state index < -0.39 is 0 Å². The van der Waals surface area contributed by atoms with E-state index in [9.17, 15) is 4.79 Å². The molecular weight excluding hydrogens is 324 g/mol. The molecule has 0 atom stereocenters. The van der Waals surface area contributed by atoms with Gasteiger partial charge in [0.2, 0.25) is 0 Å². The van der Waals surface area contributed by atoms with Crippen molar-refractivity contribution in [3.05, 3.63) is 46.9 Å². The van der Waals surface area contributed by atoms with Crippen molar-refractivity contribution in [1.29, 1.82) is 0 Å². The van der Waals surface area contributed by atoms with Gasteiger partial charge in [-0.05, 0) is 49.4 Å². The predicted octanol–water partition coefficient (Wildman–Crippen LogP) is 3.93. The van der Waals surface area contributed by atoms with Crippen molar-refractivity contribution in [3.63, 3.8) is 0 Å². The Kier molecular flexibility index (Phi) is 5.00. The molecule has 5 nitrogen and oxygen atoms in total. The monoisotopic (exact) mass is 344 g/mol. The minimum absolute atomic E-state index is 0.241. The molecule has 6 heteroatoms. The molecule has 0 spiro atoms. The van der Waals surface area contributed by atoms with Gasteiger partial charge in [-0.1, -0.05) is 18.5 Å². The van der Waals surface area contributed by atoms with Gasteiger partial charge in [0.25, 0.3) is 5.91 Å². The fraction of sp³-hybridized carbons (Fsp3) is 0.389. The van der Waals surface area contributed by atoms with Crippen molar-refractivity contribution in [2.75, 3.05) is 23.3 Å². The number of benzene rings is 1. The molecular formula is C18H21ClN4O. The molecule has 2 heterocycles. The Labute approximate surface area is 147 Å². The largest absolute Gasteiger partial charge is 0.356 e. The van der Waals surface area contributed by atoms with Gasteiger partial charge in [0.15, 0.2) is 0 Å². The molecule has 0 bridgehead atoms. The molecule has 1 aliphatic heterocycles. The minimum atomic E-state index is -0.241. The van der Waals surface area contributed by atoms with Gasteiger partial charge >= 0.3 is 0 Å². The number of nitrogens with one attached hydrogen (secondary N) is 1. The highest BCUT2D eigenvalue weighted by Gasteiger charge is 2.18. The Morgan fingerprint density at radius 2 is 2.00 bits per heavy atom. The highest BCUT2D eigenvalue weighted by molar-refractivity contribution is 6.30. The lowest BCUT2D eigenvalue weighted by molar-refractivity contribution is 0.102. The third-order valence-electron chi connectivity index (χ3n) is 4.43. The van der Waals surface area contributed by atoms with E-state index in [-0.39, 0.29) is 5.91 Å². The highest BCUT2D eigenvalue weighted by Crippen LogP contribution is 2.23.